The maximum absolute atomic E-state index is 14.1. The SMILES string of the molecule is COc1ccc(OC[C@@H]2CCc3cc([C@H]4CC[C@](C)(CO)C4)ccc3C2)c(F)c1F. The molecular formula is C25H30F2O3. The van der Waals surface area contributed by atoms with Gasteiger partial charge in [-0.1, -0.05) is 25.1 Å². The third kappa shape index (κ3) is 4.18. The molecule has 2 aromatic carbocycles. The van der Waals surface area contributed by atoms with E-state index in [-0.39, 0.29) is 29.4 Å². The first-order chi connectivity index (χ1) is 14.4. The summed E-state index contributed by atoms with van der Waals surface area (Å²) in [5.41, 5.74) is 4.15. The van der Waals surface area contributed by atoms with E-state index in [1.807, 2.05) is 0 Å². The second-order valence-corrected chi connectivity index (χ2v) is 9.25. The highest BCUT2D eigenvalue weighted by molar-refractivity contribution is 5.37. The molecule has 0 amide bonds. The second-order valence-electron chi connectivity index (χ2n) is 9.25. The number of hydrogen-bond donors (Lipinski definition) is 1. The van der Waals surface area contributed by atoms with Gasteiger partial charge in [-0.25, -0.2) is 0 Å². The molecule has 0 saturated heterocycles. The number of aryl methyl sites for hydroxylation is 1. The van der Waals surface area contributed by atoms with Crippen LogP contribution in [0, 0.1) is 23.0 Å². The van der Waals surface area contributed by atoms with E-state index in [0.717, 1.165) is 38.5 Å². The van der Waals surface area contributed by atoms with Gasteiger partial charge >= 0.3 is 0 Å². The van der Waals surface area contributed by atoms with Gasteiger partial charge in [0, 0.05) is 6.61 Å². The number of rotatable bonds is 6. The van der Waals surface area contributed by atoms with E-state index in [0.29, 0.717) is 12.5 Å². The maximum atomic E-state index is 14.1. The highest BCUT2D eigenvalue weighted by Gasteiger charge is 2.35. The summed E-state index contributed by atoms with van der Waals surface area (Å²) in [6, 6.07) is 9.60. The van der Waals surface area contributed by atoms with Gasteiger partial charge in [0.15, 0.2) is 11.5 Å². The average Bonchev–Trinajstić information content (AvgIpc) is 3.17. The minimum atomic E-state index is -1.01. The zero-order chi connectivity index (χ0) is 21.3. The van der Waals surface area contributed by atoms with Crippen LogP contribution < -0.4 is 9.47 Å². The van der Waals surface area contributed by atoms with Crippen molar-refractivity contribution in [1.29, 1.82) is 0 Å². The van der Waals surface area contributed by atoms with Crippen LogP contribution in [0.2, 0.25) is 0 Å². The Morgan fingerprint density at radius 3 is 2.57 bits per heavy atom. The second kappa shape index (κ2) is 8.54. The van der Waals surface area contributed by atoms with Crippen molar-refractivity contribution < 1.29 is 23.4 Å². The summed E-state index contributed by atoms with van der Waals surface area (Å²) < 4.78 is 38.4. The molecule has 0 aliphatic heterocycles. The summed E-state index contributed by atoms with van der Waals surface area (Å²) >= 11 is 0. The van der Waals surface area contributed by atoms with E-state index < -0.39 is 11.6 Å². The highest BCUT2D eigenvalue weighted by atomic mass is 19.2. The van der Waals surface area contributed by atoms with Crippen molar-refractivity contribution in [2.45, 2.75) is 51.4 Å². The molecule has 0 unspecified atom stereocenters. The smallest absolute Gasteiger partial charge is 0.204 e. The molecule has 5 heteroatoms. The molecule has 0 radical (unpaired) electrons. The predicted octanol–water partition coefficient (Wildman–Crippen LogP) is 5.42. The molecule has 2 aliphatic rings. The molecule has 2 aromatic rings. The standard InChI is InChI=1S/C25H30F2O3/c1-25(15-28)10-9-20(13-25)19-6-5-17-11-16(3-4-18(17)12-19)14-30-22-8-7-21(29-2)23(26)24(22)27/h5-8,12,16,20,28H,3-4,9-11,13-15H2,1-2H3/t16-,20+,25+/m1/s1. The van der Waals surface area contributed by atoms with Crippen LogP contribution in [-0.2, 0) is 12.8 Å². The number of methoxy groups -OCH3 is 1. The van der Waals surface area contributed by atoms with E-state index in [1.54, 1.807) is 0 Å². The summed E-state index contributed by atoms with van der Waals surface area (Å²) in [6.45, 7) is 2.80. The number of fused-ring (bicyclic) bond motifs is 1. The van der Waals surface area contributed by atoms with Gasteiger partial charge in [-0.3, -0.25) is 0 Å². The van der Waals surface area contributed by atoms with E-state index >= 15 is 0 Å². The number of benzene rings is 2. The molecule has 30 heavy (non-hydrogen) atoms. The molecule has 3 nitrogen and oxygen atoms in total. The number of halogens is 2. The lowest BCUT2D eigenvalue weighted by molar-refractivity contribution is 0.147. The van der Waals surface area contributed by atoms with Crippen molar-refractivity contribution in [3.8, 4) is 11.5 Å². The maximum Gasteiger partial charge on any atom is 0.204 e. The van der Waals surface area contributed by atoms with Gasteiger partial charge in [-0.15, -0.1) is 0 Å². The fourth-order valence-corrected chi connectivity index (χ4v) is 4.99. The topological polar surface area (TPSA) is 38.7 Å². The Labute approximate surface area is 177 Å². The Morgan fingerprint density at radius 2 is 1.83 bits per heavy atom. The lowest BCUT2D eigenvalue weighted by atomic mass is 9.81. The van der Waals surface area contributed by atoms with Gasteiger partial charge in [0.05, 0.1) is 13.7 Å². The third-order valence-electron chi connectivity index (χ3n) is 6.96. The Kier molecular flexibility index (Phi) is 6.01. The molecule has 1 fully saturated rings. The molecule has 4 rings (SSSR count). The molecule has 0 aromatic heterocycles. The molecular weight excluding hydrogens is 386 g/mol. The van der Waals surface area contributed by atoms with Gasteiger partial charge in [0.2, 0.25) is 11.6 Å². The van der Waals surface area contributed by atoms with Gasteiger partial charge in [-0.2, -0.15) is 8.78 Å². The van der Waals surface area contributed by atoms with Crippen LogP contribution in [0.15, 0.2) is 30.3 Å². The molecule has 1 saturated carbocycles. The zero-order valence-electron chi connectivity index (χ0n) is 17.7. The van der Waals surface area contributed by atoms with Crippen LogP contribution in [0.25, 0.3) is 0 Å². The van der Waals surface area contributed by atoms with Crippen LogP contribution in [-0.4, -0.2) is 25.4 Å². The normalized spacial score (nSPS) is 25.8. The number of aliphatic hydroxyl groups excluding tert-OH is 1. The first-order valence-electron chi connectivity index (χ1n) is 10.8. The molecule has 0 bridgehead atoms. The summed E-state index contributed by atoms with van der Waals surface area (Å²) in [4.78, 5) is 0. The summed E-state index contributed by atoms with van der Waals surface area (Å²) in [5, 5.41) is 9.64. The van der Waals surface area contributed by atoms with E-state index in [4.69, 9.17) is 9.47 Å². The summed E-state index contributed by atoms with van der Waals surface area (Å²) in [6.07, 6.45) is 6.08. The number of aliphatic hydroxyl groups is 1. The van der Waals surface area contributed by atoms with Crippen LogP contribution in [0.5, 0.6) is 11.5 Å². The molecule has 0 heterocycles. The lowest BCUT2D eigenvalue weighted by Crippen LogP contribution is -2.21. The third-order valence-corrected chi connectivity index (χ3v) is 6.96. The van der Waals surface area contributed by atoms with Gasteiger partial charge in [0.25, 0.3) is 0 Å². The van der Waals surface area contributed by atoms with Crippen molar-refractivity contribution in [3.63, 3.8) is 0 Å². The largest absolute Gasteiger partial charge is 0.494 e. The van der Waals surface area contributed by atoms with Crippen molar-refractivity contribution in [3.05, 3.63) is 58.7 Å². The fraction of sp³-hybridized carbons (Fsp3) is 0.520. The van der Waals surface area contributed by atoms with Crippen LogP contribution in [0.3, 0.4) is 0 Å². The lowest BCUT2D eigenvalue weighted by Gasteiger charge is -2.26. The van der Waals surface area contributed by atoms with Crippen LogP contribution >= 0.6 is 0 Å². The first-order valence-corrected chi connectivity index (χ1v) is 10.8. The summed E-state index contributed by atoms with van der Waals surface area (Å²) in [7, 11) is 1.31. The Bertz CT molecular complexity index is 914. The number of hydrogen-bond acceptors (Lipinski definition) is 3. The highest BCUT2D eigenvalue weighted by Crippen LogP contribution is 2.46. The van der Waals surface area contributed by atoms with E-state index in [1.165, 1.54) is 35.9 Å². The number of ether oxygens (including phenoxy) is 2. The Morgan fingerprint density at radius 1 is 1.07 bits per heavy atom. The predicted molar refractivity (Wildman–Crippen MR) is 112 cm³/mol. The molecule has 1 N–H and O–H groups in total. The first kappa shape index (κ1) is 21.1. The fourth-order valence-electron chi connectivity index (χ4n) is 4.99. The van der Waals surface area contributed by atoms with E-state index in [9.17, 15) is 13.9 Å². The van der Waals surface area contributed by atoms with Gasteiger partial charge in [-0.05, 0) is 84.6 Å². The minimum Gasteiger partial charge on any atom is -0.494 e. The van der Waals surface area contributed by atoms with Crippen molar-refractivity contribution >= 4 is 0 Å². The van der Waals surface area contributed by atoms with Crippen LogP contribution in [0.4, 0.5) is 8.78 Å². The van der Waals surface area contributed by atoms with Crippen LogP contribution in [0.1, 0.15) is 55.2 Å². The average molecular weight is 417 g/mol. The molecule has 2 aliphatic carbocycles. The zero-order valence-corrected chi connectivity index (χ0v) is 17.7. The van der Waals surface area contributed by atoms with E-state index in [2.05, 4.69) is 25.1 Å². The van der Waals surface area contributed by atoms with Gasteiger partial charge in [0.1, 0.15) is 0 Å². The molecule has 0 spiro atoms. The summed E-state index contributed by atoms with van der Waals surface area (Å²) in [5.74, 6) is -1.40. The Balaban J connectivity index is 1.38. The van der Waals surface area contributed by atoms with Crippen molar-refractivity contribution in [2.24, 2.45) is 11.3 Å². The van der Waals surface area contributed by atoms with Gasteiger partial charge < -0.3 is 14.6 Å². The van der Waals surface area contributed by atoms with Crippen molar-refractivity contribution in [2.75, 3.05) is 20.3 Å². The quantitative estimate of drug-likeness (QED) is 0.683. The minimum absolute atomic E-state index is 0.0548. The molecule has 162 valence electrons. The Hall–Kier alpha value is -2.14. The molecule has 3 atom stereocenters. The monoisotopic (exact) mass is 416 g/mol. The van der Waals surface area contributed by atoms with Crippen molar-refractivity contribution in [1.82, 2.24) is 0 Å².